The number of carbonyl (C=O) groups is 3. The molecule has 6 nitrogen and oxygen atoms in total. The van der Waals surface area contributed by atoms with Gasteiger partial charge in [0.2, 0.25) is 0 Å². The van der Waals surface area contributed by atoms with E-state index in [9.17, 15) is 14.4 Å². The van der Waals surface area contributed by atoms with E-state index < -0.39 is 6.10 Å². The molecule has 0 heterocycles. The molecule has 0 fully saturated rings. The average Bonchev–Trinajstić information content (AvgIpc) is 3.29. The van der Waals surface area contributed by atoms with Gasteiger partial charge in [0.1, 0.15) is 13.2 Å². The first-order valence-electron chi connectivity index (χ1n) is 26.3. The van der Waals surface area contributed by atoms with Crippen molar-refractivity contribution in [3.05, 3.63) is 97.2 Å². The molecule has 0 aliphatic heterocycles. The molecule has 0 aliphatic rings. The van der Waals surface area contributed by atoms with Gasteiger partial charge in [-0.2, -0.15) is 0 Å². The molecule has 0 aromatic carbocycles. The number of allylic oxidation sites excluding steroid dienone is 16. The van der Waals surface area contributed by atoms with E-state index in [1.165, 1.54) is 103 Å². The second-order valence-corrected chi connectivity index (χ2v) is 17.2. The van der Waals surface area contributed by atoms with Crippen molar-refractivity contribution in [2.75, 3.05) is 13.2 Å². The first-order valence-corrected chi connectivity index (χ1v) is 26.3. The maximum absolute atomic E-state index is 12.8. The Morgan fingerprint density at radius 1 is 0.344 bits per heavy atom. The van der Waals surface area contributed by atoms with Crippen LogP contribution in [0.4, 0.5) is 0 Å². The van der Waals surface area contributed by atoms with E-state index >= 15 is 0 Å². The van der Waals surface area contributed by atoms with Crippen molar-refractivity contribution in [3.63, 3.8) is 0 Å². The van der Waals surface area contributed by atoms with Crippen LogP contribution < -0.4 is 0 Å². The highest BCUT2D eigenvalue weighted by Gasteiger charge is 2.19. The molecule has 364 valence electrons. The quantitative estimate of drug-likeness (QED) is 0.0199. The molecule has 0 saturated carbocycles. The molecule has 0 bridgehead atoms. The lowest BCUT2D eigenvalue weighted by Crippen LogP contribution is -2.30. The first kappa shape index (κ1) is 60.3. The van der Waals surface area contributed by atoms with Crippen molar-refractivity contribution >= 4 is 17.9 Å². The summed E-state index contributed by atoms with van der Waals surface area (Å²) >= 11 is 0. The Morgan fingerprint density at radius 3 is 1.19 bits per heavy atom. The fourth-order valence-electron chi connectivity index (χ4n) is 7.08. The maximum atomic E-state index is 12.8. The molecule has 0 aromatic rings. The molecule has 64 heavy (non-hydrogen) atoms. The smallest absolute Gasteiger partial charge is 0.306 e. The number of ether oxygens (including phenoxy) is 3. The highest BCUT2D eigenvalue weighted by Crippen LogP contribution is 2.15. The number of rotatable bonds is 46. The number of hydrogen-bond donors (Lipinski definition) is 0. The van der Waals surface area contributed by atoms with E-state index in [0.29, 0.717) is 19.3 Å². The van der Waals surface area contributed by atoms with Crippen molar-refractivity contribution in [2.45, 2.75) is 239 Å². The van der Waals surface area contributed by atoms with Crippen LogP contribution in [0.3, 0.4) is 0 Å². The van der Waals surface area contributed by atoms with Gasteiger partial charge in [0.05, 0.1) is 0 Å². The van der Waals surface area contributed by atoms with Crippen molar-refractivity contribution < 1.29 is 28.6 Å². The van der Waals surface area contributed by atoms with Gasteiger partial charge in [0.15, 0.2) is 6.10 Å². The summed E-state index contributed by atoms with van der Waals surface area (Å²) in [7, 11) is 0. The summed E-state index contributed by atoms with van der Waals surface area (Å²) in [5.74, 6) is -0.995. The first-order chi connectivity index (χ1) is 31.5. The summed E-state index contributed by atoms with van der Waals surface area (Å²) in [5.41, 5.74) is 0. The molecule has 0 aliphatic carbocycles. The lowest BCUT2D eigenvalue weighted by Gasteiger charge is -2.18. The predicted octanol–water partition coefficient (Wildman–Crippen LogP) is 17.4. The molecule has 0 radical (unpaired) electrons. The molecule has 0 N–H and O–H groups in total. The zero-order chi connectivity index (χ0) is 46.5. The van der Waals surface area contributed by atoms with Gasteiger partial charge in [0, 0.05) is 19.3 Å². The van der Waals surface area contributed by atoms with Crippen molar-refractivity contribution in [3.8, 4) is 0 Å². The third-order valence-corrected chi connectivity index (χ3v) is 11.0. The lowest BCUT2D eigenvalue weighted by atomic mass is 10.0. The lowest BCUT2D eigenvalue weighted by molar-refractivity contribution is -0.167. The normalized spacial score (nSPS) is 12.9. The van der Waals surface area contributed by atoms with Gasteiger partial charge in [-0.05, 0) is 64.2 Å². The van der Waals surface area contributed by atoms with Crippen LogP contribution in [-0.4, -0.2) is 37.2 Å². The number of carbonyl (C=O) groups excluding carboxylic acids is 3. The Kier molecular flexibility index (Phi) is 49.0. The Labute approximate surface area is 394 Å². The molecule has 6 heteroatoms. The highest BCUT2D eigenvalue weighted by atomic mass is 16.6. The number of hydrogen-bond acceptors (Lipinski definition) is 6. The second kappa shape index (κ2) is 52.0. The van der Waals surface area contributed by atoms with Gasteiger partial charge in [-0.1, -0.05) is 246 Å². The third kappa shape index (κ3) is 49.3. The van der Waals surface area contributed by atoms with E-state index in [1.807, 2.05) is 54.7 Å². The largest absolute Gasteiger partial charge is 0.462 e. The van der Waals surface area contributed by atoms with Crippen LogP contribution in [0, 0.1) is 0 Å². The maximum Gasteiger partial charge on any atom is 0.306 e. The van der Waals surface area contributed by atoms with Crippen molar-refractivity contribution in [1.82, 2.24) is 0 Å². The van der Waals surface area contributed by atoms with Crippen LogP contribution in [0.1, 0.15) is 233 Å². The fourth-order valence-corrected chi connectivity index (χ4v) is 7.08. The van der Waals surface area contributed by atoms with E-state index in [1.54, 1.807) is 0 Å². The minimum Gasteiger partial charge on any atom is -0.462 e. The number of esters is 3. The number of unbranched alkanes of at least 4 members (excludes halogenated alkanes) is 23. The van der Waals surface area contributed by atoms with Crippen LogP contribution in [0.15, 0.2) is 97.2 Å². The topological polar surface area (TPSA) is 78.9 Å². The molecule has 1 atom stereocenters. The summed E-state index contributed by atoms with van der Waals surface area (Å²) < 4.78 is 16.7. The summed E-state index contributed by atoms with van der Waals surface area (Å²) in [6.45, 7) is 6.31. The van der Waals surface area contributed by atoms with Crippen LogP contribution in [0.25, 0.3) is 0 Å². The van der Waals surface area contributed by atoms with Crippen LogP contribution in [0.5, 0.6) is 0 Å². The van der Waals surface area contributed by atoms with Crippen LogP contribution >= 0.6 is 0 Å². The van der Waals surface area contributed by atoms with Gasteiger partial charge >= 0.3 is 17.9 Å². The van der Waals surface area contributed by atoms with Gasteiger partial charge in [-0.25, -0.2) is 0 Å². The zero-order valence-corrected chi connectivity index (χ0v) is 41.5. The van der Waals surface area contributed by atoms with E-state index in [-0.39, 0.29) is 37.5 Å². The standard InChI is InChI=1S/C58H96O6/c1-4-7-10-13-16-19-22-25-27-29-31-33-36-39-42-45-48-51-57(60)63-54-55(53-62-56(59)50-47-44-41-38-35-32-24-21-18-15-12-9-6-3)64-58(61)52-49-46-43-40-37-34-30-28-26-23-20-17-14-11-8-5-2/h8-9,11-12,15,17-18,20-21,24,26,28,32,35,38,41,55H,4-7,10,13-14,16,19,22-23,25,27,29-31,33-34,36-37,39-40,42-54H2,1-3H3/b11-8+,12-9+,18-15+,20-17+,24-21+,28-26+,35-32+,41-38+. The van der Waals surface area contributed by atoms with Gasteiger partial charge in [0.25, 0.3) is 0 Å². The monoisotopic (exact) mass is 889 g/mol. The predicted molar refractivity (Wildman–Crippen MR) is 274 cm³/mol. The summed E-state index contributed by atoms with van der Waals surface area (Å²) in [5, 5.41) is 0. The van der Waals surface area contributed by atoms with Crippen molar-refractivity contribution in [1.29, 1.82) is 0 Å². The Bertz CT molecular complexity index is 1300. The van der Waals surface area contributed by atoms with E-state index in [0.717, 1.165) is 83.5 Å². The van der Waals surface area contributed by atoms with E-state index in [2.05, 4.69) is 63.3 Å². The van der Waals surface area contributed by atoms with Crippen molar-refractivity contribution in [2.24, 2.45) is 0 Å². The zero-order valence-electron chi connectivity index (χ0n) is 41.5. The minimum atomic E-state index is -0.812. The second-order valence-electron chi connectivity index (χ2n) is 17.2. The Balaban J connectivity index is 4.47. The van der Waals surface area contributed by atoms with Gasteiger partial charge < -0.3 is 14.2 Å². The van der Waals surface area contributed by atoms with Crippen LogP contribution in [0.2, 0.25) is 0 Å². The van der Waals surface area contributed by atoms with Gasteiger partial charge in [-0.3, -0.25) is 14.4 Å². The summed E-state index contributed by atoms with van der Waals surface area (Å²) in [4.78, 5) is 38.0. The molecule has 0 saturated heterocycles. The molecule has 0 aromatic heterocycles. The average molecular weight is 889 g/mol. The molecule has 1 unspecified atom stereocenters. The third-order valence-electron chi connectivity index (χ3n) is 11.0. The SMILES string of the molecule is CC/C=C/C=C/C=C/C=C/C=C/CCCC(=O)OCC(COC(=O)CCCCCCCCCCCCCCCCCCC)OC(=O)CCCCCCCC/C=C/C/C=C/C/C=C/CC. The van der Waals surface area contributed by atoms with E-state index in [4.69, 9.17) is 14.2 Å². The highest BCUT2D eigenvalue weighted by molar-refractivity contribution is 5.71. The molecule has 0 rings (SSSR count). The molecular formula is C58H96O6. The Morgan fingerprint density at radius 2 is 0.703 bits per heavy atom. The molecule has 0 amide bonds. The summed E-state index contributed by atoms with van der Waals surface area (Å²) in [6.07, 6.45) is 68.3. The molecule has 0 spiro atoms. The molecular weight excluding hydrogens is 793 g/mol. The fraction of sp³-hybridized carbons (Fsp3) is 0.672. The minimum absolute atomic E-state index is 0.105. The Hall–Kier alpha value is -3.67. The summed E-state index contributed by atoms with van der Waals surface area (Å²) in [6, 6.07) is 0. The van der Waals surface area contributed by atoms with Gasteiger partial charge in [-0.15, -0.1) is 0 Å². The van der Waals surface area contributed by atoms with Crippen LogP contribution in [-0.2, 0) is 28.6 Å².